The van der Waals surface area contributed by atoms with Gasteiger partial charge in [-0.2, -0.15) is 0 Å². The second kappa shape index (κ2) is 5.82. The van der Waals surface area contributed by atoms with Crippen LogP contribution < -0.4 is 0 Å². The lowest BCUT2D eigenvalue weighted by Gasteiger charge is -2.39. The molecule has 3 saturated carbocycles. The Bertz CT molecular complexity index is 249. The molecular formula is C17H31P. The van der Waals surface area contributed by atoms with Crippen molar-refractivity contribution in [3.63, 3.8) is 0 Å². The molecule has 0 N–H and O–H groups in total. The zero-order valence-corrected chi connectivity index (χ0v) is 13.3. The molecule has 0 aromatic carbocycles. The van der Waals surface area contributed by atoms with Crippen LogP contribution in [0, 0.1) is 11.8 Å². The van der Waals surface area contributed by atoms with Crippen molar-refractivity contribution in [1.82, 2.24) is 0 Å². The summed E-state index contributed by atoms with van der Waals surface area (Å²) in [5.74, 6) is 2.12. The quantitative estimate of drug-likeness (QED) is 0.567. The van der Waals surface area contributed by atoms with Gasteiger partial charge in [0, 0.05) is 0 Å². The molecule has 18 heavy (non-hydrogen) atoms. The summed E-state index contributed by atoms with van der Waals surface area (Å²) in [6.07, 6.45) is 15.6. The molecule has 3 rings (SSSR count). The van der Waals surface area contributed by atoms with E-state index in [1.54, 1.807) is 51.4 Å². The molecule has 3 unspecified atom stereocenters. The van der Waals surface area contributed by atoms with Crippen molar-refractivity contribution in [3.05, 3.63) is 0 Å². The molecule has 0 aromatic rings. The minimum Gasteiger partial charge on any atom is -0.0966 e. The van der Waals surface area contributed by atoms with Gasteiger partial charge in [0.05, 0.1) is 0 Å². The summed E-state index contributed by atoms with van der Waals surface area (Å²) < 4.78 is 0. The standard InChI is InChI=1S/C17H31P/c1-13-7-5-11-16(13)18(15-9-3-4-10-15)17-12-6-8-14(17)2/h13-17H,3-12H2,1-2H3/t13?,14?,16-,17+,18?. The summed E-state index contributed by atoms with van der Waals surface area (Å²) in [5.41, 5.74) is 3.50. The molecule has 0 radical (unpaired) electrons. The Labute approximate surface area is 115 Å². The van der Waals surface area contributed by atoms with Crippen molar-refractivity contribution in [2.24, 2.45) is 11.8 Å². The van der Waals surface area contributed by atoms with E-state index in [0.717, 1.165) is 23.2 Å². The van der Waals surface area contributed by atoms with E-state index >= 15 is 0 Å². The van der Waals surface area contributed by atoms with E-state index in [4.69, 9.17) is 0 Å². The largest absolute Gasteiger partial charge is 0.0966 e. The van der Waals surface area contributed by atoms with Gasteiger partial charge in [-0.25, -0.2) is 0 Å². The fourth-order valence-electron chi connectivity index (χ4n) is 5.13. The highest BCUT2D eigenvalue weighted by molar-refractivity contribution is 7.60. The fraction of sp³-hybridized carbons (Fsp3) is 1.00. The van der Waals surface area contributed by atoms with Crippen LogP contribution in [0.5, 0.6) is 0 Å². The van der Waals surface area contributed by atoms with Gasteiger partial charge in [0.25, 0.3) is 0 Å². The van der Waals surface area contributed by atoms with Crippen LogP contribution in [0.3, 0.4) is 0 Å². The Balaban J connectivity index is 1.78. The third-order valence-corrected chi connectivity index (χ3v) is 10.6. The summed E-state index contributed by atoms with van der Waals surface area (Å²) in [6.45, 7) is 5.14. The Morgan fingerprint density at radius 2 is 1.11 bits per heavy atom. The number of hydrogen-bond donors (Lipinski definition) is 0. The molecule has 0 bridgehead atoms. The lowest BCUT2D eigenvalue weighted by molar-refractivity contribution is 0.579. The van der Waals surface area contributed by atoms with Gasteiger partial charge in [0.1, 0.15) is 0 Å². The molecule has 0 aromatic heterocycles. The Kier molecular flexibility index (Phi) is 4.34. The first kappa shape index (κ1) is 13.4. The first-order valence-corrected chi connectivity index (χ1v) is 10.1. The van der Waals surface area contributed by atoms with E-state index in [1.807, 2.05) is 0 Å². The van der Waals surface area contributed by atoms with Crippen LogP contribution in [-0.2, 0) is 0 Å². The first-order chi connectivity index (χ1) is 8.77. The van der Waals surface area contributed by atoms with Crippen LogP contribution >= 0.6 is 7.92 Å². The van der Waals surface area contributed by atoms with Gasteiger partial charge in [-0.1, -0.05) is 60.3 Å². The number of rotatable bonds is 3. The highest BCUT2D eigenvalue weighted by atomic mass is 31.1. The summed E-state index contributed by atoms with van der Waals surface area (Å²) in [4.78, 5) is 0. The maximum absolute atomic E-state index is 2.57. The van der Waals surface area contributed by atoms with Crippen LogP contribution in [0.4, 0.5) is 0 Å². The van der Waals surface area contributed by atoms with Gasteiger partial charge in [0.15, 0.2) is 0 Å². The fourth-order valence-corrected chi connectivity index (χ4v) is 10.1. The molecule has 3 aliphatic rings. The molecular weight excluding hydrogens is 235 g/mol. The lowest BCUT2D eigenvalue weighted by atomic mass is 10.1. The van der Waals surface area contributed by atoms with Crippen LogP contribution in [0.2, 0.25) is 0 Å². The molecule has 5 atom stereocenters. The molecule has 3 fully saturated rings. The molecule has 0 nitrogen and oxygen atoms in total. The van der Waals surface area contributed by atoms with E-state index < -0.39 is 0 Å². The molecule has 0 amide bonds. The highest BCUT2D eigenvalue weighted by Gasteiger charge is 2.43. The predicted molar refractivity (Wildman–Crippen MR) is 82.8 cm³/mol. The summed E-state index contributed by atoms with van der Waals surface area (Å²) >= 11 is 0. The Morgan fingerprint density at radius 1 is 0.611 bits per heavy atom. The maximum atomic E-state index is 2.57. The monoisotopic (exact) mass is 266 g/mol. The van der Waals surface area contributed by atoms with Crippen LogP contribution in [0.1, 0.15) is 78.1 Å². The van der Waals surface area contributed by atoms with E-state index in [0.29, 0.717) is 7.92 Å². The molecule has 0 aliphatic heterocycles. The van der Waals surface area contributed by atoms with Gasteiger partial charge in [0.2, 0.25) is 0 Å². The highest BCUT2D eigenvalue weighted by Crippen LogP contribution is 2.65. The van der Waals surface area contributed by atoms with E-state index in [9.17, 15) is 0 Å². The minimum atomic E-state index is 0.357. The van der Waals surface area contributed by atoms with Crippen molar-refractivity contribution in [2.75, 3.05) is 0 Å². The van der Waals surface area contributed by atoms with Gasteiger partial charge in [-0.05, 0) is 54.5 Å². The summed E-state index contributed by atoms with van der Waals surface area (Å²) in [5, 5.41) is 0. The summed E-state index contributed by atoms with van der Waals surface area (Å²) in [7, 11) is 0.357. The minimum absolute atomic E-state index is 0.357. The van der Waals surface area contributed by atoms with E-state index in [2.05, 4.69) is 13.8 Å². The second-order valence-electron chi connectivity index (χ2n) is 7.34. The smallest absolute Gasteiger partial charge is 0.0178 e. The molecule has 1 heteroatoms. The molecule has 0 spiro atoms. The average molecular weight is 266 g/mol. The van der Waals surface area contributed by atoms with E-state index in [1.165, 1.54) is 18.5 Å². The van der Waals surface area contributed by atoms with Crippen LogP contribution in [0.15, 0.2) is 0 Å². The van der Waals surface area contributed by atoms with Crippen molar-refractivity contribution in [1.29, 1.82) is 0 Å². The van der Waals surface area contributed by atoms with Gasteiger partial charge < -0.3 is 0 Å². The zero-order valence-electron chi connectivity index (χ0n) is 12.4. The first-order valence-electron chi connectivity index (χ1n) is 8.55. The average Bonchev–Trinajstić information content (AvgIpc) is 3.05. The number of hydrogen-bond acceptors (Lipinski definition) is 0. The van der Waals surface area contributed by atoms with Crippen LogP contribution in [-0.4, -0.2) is 17.0 Å². The third kappa shape index (κ3) is 2.52. The Morgan fingerprint density at radius 3 is 1.50 bits per heavy atom. The molecule has 0 saturated heterocycles. The van der Waals surface area contributed by atoms with Gasteiger partial charge in [-0.15, -0.1) is 0 Å². The lowest BCUT2D eigenvalue weighted by Crippen LogP contribution is -2.25. The molecule has 3 aliphatic carbocycles. The third-order valence-electron chi connectivity index (χ3n) is 6.14. The maximum Gasteiger partial charge on any atom is -0.0178 e. The van der Waals surface area contributed by atoms with Crippen molar-refractivity contribution < 1.29 is 0 Å². The Hall–Kier alpha value is 0.430. The summed E-state index contributed by atoms with van der Waals surface area (Å²) in [6, 6.07) is 0. The molecule has 0 heterocycles. The topological polar surface area (TPSA) is 0 Å². The zero-order chi connectivity index (χ0) is 12.5. The van der Waals surface area contributed by atoms with Crippen molar-refractivity contribution >= 4 is 7.92 Å². The SMILES string of the molecule is CC1CCC[C@H]1P(C1CCCC1)[C@H]1CCCC1C. The normalized spacial score (nSPS) is 43.7. The van der Waals surface area contributed by atoms with Gasteiger partial charge >= 0.3 is 0 Å². The van der Waals surface area contributed by atoms with Crippen molar-refractivity contribution in [2.45, 2.75) is 95.0 Å². The van der Waals surface area contributed by atoms with E-state index in [-0.39, 0.29) is 0 Å². The van der Waals surface area contributed by atoms with Crippen molar-refractivity contribution in [3.8, 4) is 0 Å². The second-order valence-corrected chi connectivity index (χ2v) is 10.3. The molecule has 104 valence electrons. The van der Waals surface area contributed by atoms with Crippen LogP contribution in [0.25, 0.3) is 0 Å². The predicted octanol–water partition coefficient (Wildman–Crippen LogP) is 5.79. The van der Waals surface area contributed by atoms with Gasteiger partial charge in [-0.3, -0.25) is 0 Å².